The van der Waals surface area contributed by atoms with Crippen molar-refractivity contribution in [2.75, 3.05) is 11.5 Å². The third-order valence-electron chi connectivity index (χ3n) is 1.28. The van der Waals surface area contributed by atoms with Crippen LogP contribution in [-0.4, -0.2) is 12.0 Å². The first-order chi connectivity index (χ1) is 5.74. The normalized spacial score (nSPS) is 9.75. The molecule has 0 unspecified atom stereocenters. The molecule has 64 valence electrons. The molecule has 1 aromatic carbocycles. The minimum Gasteiger partial charge on any atom is -0.398 e. The molecule has 0 bridgehead atoms. The molecule has 0 atom stereocenters. The summed E-state index contributed by atoms with van der Waals surface area (Å²) in [6.07, 6.45) is 0.759. The number of nitrogens with two attached hydrogens (primary N) is 1. The Morgan fingerprint density at radius 1 is 1.58 bits per heavy atom. The topological polar surface area (TPSA) is 43.1 Å². The number of halogens is 1. The van der Waals surface area contributed by atoms with Crippen molar-refractivity contribution < 1.29 is 9.18 Å². The quantitative estimate of drug-likeness (QED) is 0.443. The van der Waals surface area contributed by atoms with Crippen molar-refractivity contribution >= 4 is 23.7 Å². The van der Waals surface area contributed by atoms with E-state index in [1.807, 2.05) is 0 Å². The molecule has 0 aliphatic rings. The van der Waals surface area contributed by atoms with Gasteiger partial charge in [0.25, 0.3) is 0 Å². The monoisotopic (exact) mass is 185 g/mol. The van der Waals surface area contributed by atoms with Crippen LogP contribution in [0.1, 0.15) is 0 Å². The molecule has 0 saturated heterocycles. The van der Waals surface area contributed by atoms with Gasteiger partial charge in [-0.3, -0.25) is 0 Å². The summed E-state index contributed by atoms with van der Waals surface area (Å²) in [4.78, 5) is 10.6. The fourth-order valence-corrected chi connectivity index (χ4v) is 1.44. The molecule has 12 heavy (non-hydrogen) atoms. The minimum atomic E-state index is -0.336. The molecular weight excluding hydrogens is 177 g/mol. The van der Waals surface area contributed by atoms with Crippen LogP contribution in [0.3, 0.4) is 0 Å². The van der Waals surface area contributed by atoms with Gasteiger partial charge < -0.3 is 10.5 Å². The zero-order valence-corrected chi connectivity index (χ0v) is 7.10. The van der Waals surface area contributed by atoms with E-state index in [-0.39, 0.29) is 5.82 Å². The molecule has 0 fully saturated rings. The number of nitrogen functional groups attached to an aromatic ring is 1. The van der Waals surface area contributed by atoms with E-state index in [0.29, 0.717) is 16.3 Å². The van der Waals surface area contributed by atoms with Crippen molar-refractivity contribution in [2.45, 2.75) is 4.90 Å². The van der Waals surface area contributed by atoms with Gasteiger partial charge in [0.1, 0.15) is 12.1 Å². The Morgan fingerprint density at radius 2 is 2.33 bits per heavy atom. The third-order valence-corrected chi connectivity index (χ3v) is 2.25. The predicted octanol–water partition coefficient (Wildman–Crippen LogP) is 1.70. The Balaban J connectivity index is 2.82. The molecule has 0 saturated carbocycles. The summed E-state index contributed by atoms with van der Waals surface area (Å²) in [5.41, 5.74) is 6.03. The van der Waals surface area contributed by atoms with Crippen molar-refractivity contribution in [1.29, 1.82) is 0 Å². The van der Waals surface area contributed by atoms with E-state index < -0.39 is 0 Å². The Bertz CT molecular complexity index is 290. The van der Waals surface area contributed by atoms with Gasteiger partial charge in [-0.15, -0.1) is 11.8 Å². The van der Waals surface area contributed by atoms with E-state index in [2.05, 4.69) is 0 Å². The fraction of sp³-hybridized carbons (Fsp3) is 0.125. The van der Waals surface area contributed by atoms with E-state index in [0.717, 1.165) is 6.29 Å². The maximum Gasteiger partial charge on any atom is 0.130 e. The number of rotatable bonds is 3. The highest BCUT2D eigenvalue weighted by atomic mass is 32.2. The van der Waals surface area contributed by atoms with Gasteiger partial charge in [0, 0.05) is 10.6 Å². The molecule has 0 spiro atoms. The van der Waals surface area contributed by atoms with Crippen LogP contribution in [0.15, 0.2) is 23.1 Å². The number of thioether (sulfide) groups is 1. The van der Waals surface area contributed by atoms with Crippen LogP contribution in [0.4, 0.5) is 10.1 Å². The number of benzene rings is 1. The maximum absolute atomic E-state index is 12.6. The van der Waals surface area contributed by atoms with Crippen LogP contribution in [-0.2, 0) is 4.79 Å². The molecule has 1 rings (SSSR count). The average molecular weight is 185 g/mol. The highest BCUT2D eigenvalue weighted by Gasteiger charge is 2.00. The lowest BCUT2D eigenvalue weighted by atomic mass is 10.3. The van der Waals surface area contributed by atoms with Crippen molar-refractivity contribution in [3.63, 3.8) is 0 Å². The number of hydrogen-bond acceptors (Lipinski definition) is 3. The van der Waals surface area contributed by atoms with Crippen LogP contribution < -0.4 is 5.73 Å². The second kappa shape index (κ2) is 4.11. The number of carbonyl (C=O) groups excluding carboxylic acids is 1. The first-order valence-electron chi connectivity index (χ1n) is 3.35. The van der Waals surface area contributed by atoms with Crippen LogP contribution in [0.5, 0.6) is 0 Å². The predicted molar refractivity (Wildman–Crippen MR) is 47.6 cm³/mol. The number of aldehydes is 1. The lowest BCUT2D eigenvalue weighted by Crippen LogP contribution is -1.90. The van der Waals surface area contributed by atoms with Crippen LogP contribution in [0, 0.1) is 5.82 Å². The van der Waals surface area contributed by atoms with Gasteiger partial charge >= 0.3 is 0 Å². The first-order valence-corrected chi connectivity index (χ1v) is 4.34. The lowest BCUT2D eigenvalue weighted by molar-refractivity contribution is -0.105. The molecule has 2 nitrogen and oxygen atoms in total. The van der Waals surface area contributed by atoms with Crippen molar-refractivity contribution in [3.8, 4) is 0 Å². The van der Waals surface area contributed by atoms with E-state index in [1.54, 1.807) is 0 Å². The maximum atomic E-state index is 12.6. The fourth-order valence-electron chi connectivity index (χ4n) is 0.757. The molecule has 0 aliphatic carbocycles. The molecule has 1 aromatic rings. The molecule has 0 aromatic heterocycles. The lowest BCUT2D eigenvalue weighted by Gasteiger charge is -2.01. The van der Waals surface area contributed by atoms with E-state index >= 15 is 0 Å². The molecule has 0 amide bonds. The van der Waals surface area contributed by atoms with Gasteiger partial charge in [0.15, 0.2) is 0 Å². The van der Waals surface area contributed by atoms with Gasteiger partial charge in [-0.05, 0) is 18.2 Å². The summed E-state index contributed by atoms with van der Waals surface area (Å²) in [5.74, 6) is -0.0363. The summed E-state index contributed by atoms with van der Waals surface area (Å²) in [6, 6.07) is 4.10. The Labute approximate surface area is 74.0 Å². The smallest absolute Gasteiger partial charge is 0.130 e. The van der Waals surface area contributed by atoms with Gasteiger partial charge in [-0.2, -0.15) is 0 Å². The van der Waals surface area contributed by atoms with Crippen LogP contribution in [0.25, 0.3) is 0 Å². The molecule has 0 radical (unpaired) electrons. The number of anilines is 1. The second-order valence-corrected chi connectivity index (χ2v) is 3.22. The Morgan fingerprint density at radius 3 is 3.00 bits per heavy atom. The van der Waals surface area contributed by atoms with Gasteiger partial charge in [0.2, 0.25) is 0 Å². The zero-order chi connectivity index (χ0) is 8.97. The largest absolute Gasteiger partial charge is 0.398 e. The van der Waals surface area contributed by atoms with E-state index in [1.165, 1.54) is 30.0 Å². The van der Waals surface area contributed by atoms with Gasteiger partial charge in [-0.25, -0.2) is 4.39 Å². The minimum absolute atomic E-state index is 0.299. The highest BCUT2D eigenvalue weighted by Crippen LogP contribution is 2.24. The van der Waals surface area contributed by atoms with E-state index in [4.69, 9.17) is 5.73 Å². The summed E-state index contributed by atoms with van der Waals surface area (Å²) in [6.45, 7) is 0. The highest BCUT2D eigenvalue weighted by molar-refractivity contribution is 8.00. The van der Waals surface area contributed by atoms with Gasteiger partial charge in [-0.1, -0.05) is 0 Å². The standard InChI is InChI=1S/C8H8FNOS/c9-6-1-2-7(10)8(5-6)12-4-3-11/h1-3,5H,4,10H2. The van der Waals surface area contributed by atoms with Crippen LogP contribution in [0.2, 0.25) is 0 Å². The first kappa shape index (κ1) is 9.06. The summed E-state index contributed by atoms with van der Waals surface area (Å²) in [5, 5.41) is 0. The Kier molecular flexibility index (Phi) is 3.10. The van der Waals surface area contributed by atoms with Crippen LogP contribution >= 0.6 is 11.8 Å². The Hall–Kier alpha value is -1.03. The summed E-state index contributed by atoms with van der Waals surface area (Å²) < 4.78 is 12.6. The third kappa shape index (κ3) is 2.23. The van der Waals surface area contributed by atoms with E-state index in [9.17, 15) is 9.18 Å². The number of hydrogen-bond donors (Lipinski definition) is 1. The van der Waals surface area contributed by atoms with Crippen molar-refractivity contribution in [3.05, 3.63) is 24.0 Å². The molecule has 0 heterocycles. The van der Waals surface area contributed by atoms with Crippen molar-refractivity contribution in [2.24, 2.45) is 0 Å². The van der Waals surface area contributed by atoms with Gasteiger partial charge in [0.05, 0.1) is 5.75 Å². The van der Waals surface area contributed by atoms with Crippen molar-refractivity contribution in [1.82, 2.24) is 0 Å². The molecular formula is C8H8FNOS. The SMILES string of the molecule is Nc1ccc(F)cc1SCC=O. The molecule has 2 N–H and O–H groups in total. The zero-order valence-electron chi connectivity index (χ0n) is 6.29. The number of carbonyl (C=O) groups is 1. The molecule has 0 aliphatic heterocycles. The molecule has 4 heteroatoms. The summed E-state index contributed by atoms with van der Waals surface area (Å²) in [7, 11) is 0. The average Bonchev–Trinajstić information content (AvgIpc) is 2.07. The second-order valence-electron chi connectivity index (χ2n) is 2.16. The summed E-state index contributed by atoms with van der Waals surface area (Å²) >= 11 is 1.23.